The zero-order chi connectivity index (χ0) is 20.5. The quantitative estimate of drug-likeness (QED) is 0.394. The van der Waals surface area contributed by atoms with Crippen LogP contribution in [0.25, 0.3) is 28.1 Å². The predicted molar refractivity (Wildman–Crippen MR) is 117 cm³/mol. The number of hydrogen-bond donors (Lipinski definition) is 2. The first-order valence-electron chi connectivity index (χ1n) is 9.69. The van der Waals surface area contributed by atoms with E-state index in [-0.39, 0.29) is 6.61 Å². The number of pyridine rings is 1. The molecule has 2 aromatic heterocycles. The highest BCUT2D eigenvalue weighted by molar-refractivity contribution is 6.15. The molecule has 3 heterocycles. The van der Waals surface area contributed by atoms with Crippen LogP contribution in [0.1, 0.15) is 6.92 Å². The van der Waals surface area contributed by atoms with Crippen molar-refractivity contribution < 1.29 is 9.53 Å². The zero-order valence-electron chi connectivity index (χ0n) is 16.3. The Balaban J connectivity index is 1.79. The number of rotatable bonds is 4. The minimum Gasteiger partial charge on any atom is -0.461 e. The van der Waals surface area contributed by atoms with Crippen molar-refractivity contribution >= 4 is 34.1 Å². The van der Waals surface area contributed by atoms with Crippen LogP contribution in [0.4, 0.5) is 11.4 Å². The van der Waals surface area contributed by atoms with Crippen molar-refractivity contribution in [3.8, 4) is 11.4 Å². The van der Waals surface area contributed by atoms with Gasteiger partial charge in [0.05, 0.1) is 29.0 Å². The van der Waals surface area contributed by atoms with E-state index in [0.717, 1.165) is 28.0 Å². The Hall–Kier alpha value is -4.13. The van der Waals surface area contributed by atoms with Crippen molar-refractivity contribution in [2.24, 2.45) is 0 Å². The summed E-state index contributed by atoms with van der Waals surface area (Å²) in [7, 11) is 0. The van der Waals surface area contributed by atoms with Crippen molar-refractivity contribution in [3.63, 3.8) is 0 Å². The number of carbonyl (C=O) groups excluding carboxylic acids is 1. The van der Waals surface area contributed by atoms with Gasteiger partial charge in [0.1, 0.15) is 11.6 Å². The first-order chi connectivity index (χ1) is 14.8. The molecule has 0 unspecified atom stereocenters. The number of esters is 1. The number of nitrogens with zero attached hydrogens (tertiary/aromatic N) is 3. The number of hydrogen-bond acceptors (Lipinski definition) is 6. The minimum absolute atomic E-state index is 0.261. The van der Waals surface area contributed by atoms with E-state index in [1.807, 2.05) is 65.2 Å². The van der Waals surface area contributed by atoms with E-state index in [0.29, 0.717) is 17.3 Å². The number of nitrogens with one attached hydrogen (secondary N) is 2. The van der Waals surface area contributed by atoms with Gasteiger partial charge in [-0.05, 0) is 43.3 Å². The van der Waals surface area contributed by atoms with Crippen LogP contribution in [-0.2, 0) is 9.53 Å². The Morgan fingerprint density at radius 1 is 1.00 bits per heavy atom. The molecule has 0 amide bonds. The molecule has 2 aromatic carbocycles. The second-order valence-corrected chi connectivity index (χ2v) is 6.74. The van der Waals surface area contributed by atoms with Gasteiger partial charge in [0, 0.05) is 18.0 Å². The molecular weight excluding hydrogens is 378 g/mol. The molecule has 0 aliphatic carbocycles. The number of imidazole rings is 1. The van der Waals surface area contributed by atoms with Crippen LogP contribution in [0, 0.1) is 0 Å². The van der Waals surface area contributed by atoms with Crippen LogP contribution in [0.5, 0.6) is 0 Å². The van der Waals surface area contributed by atoms with E-state index in [2.05, 4.69) is 15.6 Å². The van der Waals surface area contributed by atoms with Gasteiger partial charge in [0.2, 0.25) is 0 Å². The Kier molecular flexibility index (Phi) is 4.40. The normalized spacial score (nSPS) is 12.2. The van der Waals surface area contributed by atoms with Gasteiger partial charge in [-0.15, -0.1) is 0 Å². The molecule has 0 bridgehead atoms. The molecule has 4 aromatic rings. The Morgan fingerprint density at radius 2 is 1.73 bits per heavy atom. The first kappa shape index (κ1) is 17.9. The second-order valence-electron chi connectivity index (χ2n) is 6.74. The highest BCUT2D eigenvalue weighted by Crippen LogP contribution is 2.35. The Morgan fingerprint density at radius 3 is 2.43 bits per heavy atom. The predicted octanol–water partition coefficient (Wildman–Crippen LogP) is 4.33. The van der Waals surface area contributed by atoms with E-state index in [9.17, 15) is 4.79 Å². The summed E-state index contributed by atoms with van der Waals surface area (Å²) in [5, 5.41) is 6.62. The molecule has 7 heteroatoms. The standard InChI is InChI=1S/C23H19N5O2/c1-2-30-23(29)20(21-25-16-9-3-4-10-17(16)26-21)28-19-12-6-5-11-18(19)27-22(28)15-8-7-13-24-14-15/h3-14,25-26H,2H2,1H3. The molecule has 0 atom stereocenters. The molecule has 7 nitrogen and oxygen atoms in total. The maximum absolute atomic E-state index is 13.2. The summed E-state index contributed by atoms with van der Waals surface area (Å²) in [5.74, 6) is 0.705. The lowest BCUT2D eigenvalue weighted by atomic mass is 10.2. The fourth-order valence-corrected chi connectivity index (χ4v) is 3.57. The third-order valence-corrected chi connectivity index (χ3v) is 4.86. The van der Waals surface area contributed by atoms with Gasteiger partial charge >= 0.3 is 5.97 Å². The third-order valence-electron chi connectivity index (χ3n) is 4.86. The molecule has 2 N–H and O–H groups in total. The summed E-state index contributed by atoms with van der Waals surface area (Å²) < 4.78 is 7.26. The van der Waals surface area contributed by atoms with E-state index in [4.69, 9.17) is 9.72 Å². The van der Waals surface area contributed by atoms with Crippen LogP contribution in [0.2, 0.25) is 0 Å². The molecule has 1 aliphatic rings. The highest BCUT2D eigenvalue weighted by atomic mass is 16.5. The van der Waals surface area contributed by atoms with Crippen LogP contribution >= 0.6 is 0 Å². The van der Waals surface area contributed by atoms with Crippen molar-refractivity contribution in [1.29, 1.82) is 0 Å². The lowest BCUT2D eigenvalue weighted by molar-refractivity contribution is -0.136. The molecule has 1 aliphatic heterocycles. The summed E-state index contributed by atoms with van der Waals surface area (Å²) in [6.45, 7) is 2.05. The molecule has 5 rings (SSSR count). The minimum atomic E-state index is -0.450. The Bertz CT molecular complexity index is 1250. The first-order valence-corrected chi connectivity index (χ1v) is 9.69. The number of para-hydroxylation sites is 4. The number of benzene rings is 2. The topological polar surface area (TPSA) is 81.1 Å². The van der Waals surface area contributed by atoms with Crippen molar-refractivity contribution in [1.82, 2.24) is 14.5 Å². The number of aromatic nitrogens is 3. The van der Waals surface area contributed by atoms with Gasteiger partial charge in [-0.2, -0.15) is 0 Å². The largest absolute Gasteiger partial charge is 0.461 e. The van der Waals surface area contributed by atoms with E-state index in [1.54, 1.807) is 19.3 Å². The monoisotopic (exact) mass is 397 g/mol. The number of ether oxygens (including phenoxy) is 1. The number of carbonyl (C=O) groups is 1. The maximum atomic E-state index is 13.2. The van der Waals surface area contributed by atoms with Crippen LogP contribution in [0.3, 0.4) is 0 Å². The van der Waals surface area contributed by atoms with E-state index < -0.39 is 5.97 Å². The Labute approximate surface area is 173 Å². The molecule has 0 fully saturated rings. The van der Waals surface area contributed by atoms with Gasteiger partial charge in [-0.1, -0.05) is 24.3 Å². The summed E-state index contributed by atoms with van der Waals surface area (Å²) in [4.78, 5) is 22.2. The highest BCUT2D eigenvalue weighted by Gasteiger charge is 2.28. The van der Waals surface area contributed by atoms with Gasteiger partial charge in [0.25, 0.3) is 0 Å². The fourth-order valence-electron chi connectivity index (χ4n) is 3.57. The van der Waals surface area contributed by atoms with Crippen LogP contribution in [-0.4, -0.2) is 27.1 Å². The summed E-state index contributed by atoms with van der Waals surface area (Å²) >= 11 is 0. The van der Waals surface area contributed by atoms with Gasteiger partial charge in [0.15, 0.2) is 5.70 Å². The summed E-state index contributed by atoms with van der Waals surface area (Å²) in [5.41, 5.74) is 4.48. The molecule has 30 heavy (non-hydrogen) atoms. The maximum Gasteiger partial charge on any atom is 0.359 e. The average Bonchev–Trinajstić information content (AvgIpc) is 3.37. The zero-order valence-corrected chi connectivity index (χ0v) is 16.3. The molecule has 0 spiro atoms. The van der Waals surface area contributed by atoms with Crippen molar-refractivity contribution in [3.05, 3.63) is 78.9 Å². The van der Waals surface area contributed by atoms with Crippen LogP contribution in [0.15, 0.2) is 78.9 Å². The van der Waals surface area contributed by atoms with Crippen molar-refractivity contribution in [2.75, 3.05) is 17.2 Å². The summed E-state index contributed by atoms with van der Waals surface area (Å²) in [6.07, 6.45) is 3.44. The summed E-state index contributed by atoms with van der Waals surface area (Å²) in [6, 6.07) is 19.2. The van der Waals surface area contributed by atoms with Gasteiger partial charge < -0.3 is 15.4 Å². The smallest absolute Gasteiger partial charge is 0.359 e. The molecule has 0 radical (unpaired) electrons. The SMILES string of the molecule is CCOC(=O)C(=C1Nc2ccccc2N1)n1c(-c2cccnc2)nc2ccccc21. The molecule has 0 saturated carbocycles. The molecule has 148 valence electrons. The van der Waals surface area contributed by atoms with E-state index in [1.165, 1.54) is 0 Å². The van der Waals surface area contributed by atoms with Crippen molar-refractivity contribution in [2.45, 2.75) is 6.92 Å². The van der Waals surface area contributed by atoms with Gasteiger partial charge in [-0.25, -0.2) is 9.78 Å². The molecule has 0 saturated heterocycles. The molecular formula is C23H19N5O2. The lowest BCUT2D eigenvalue weighted by Crippen LogP contribution is -2.19. The fraction of sp³-hybridized carbons (Fsp3) is 0.0870. The van der Waals surface area contributed by atoms with Gasteiger partial charge in [-0.3, -0.25) is 9.55 Å². The number of fused-ring (bicyclic) bond motifs is 2. The third kappa shape index (κ3) is 2.97. The number of anilines is 2. The second kappa shape index (κ2) is 7.36. The van der Waals surface area contributed by atoms with Crippen LogP contribution < -0.4 is 10.6 Å². The lowest BCUT2D eigenvalue weighted by Gasteiger charge is -2.15. The average molecular weight is 397 g/mol. The van der Waals surface area contributed by atoms with E-state index >= 15 is 0 Å².